The Morgan fingerprint density at radius 3 is 2.49 bits per heavy atom. The summed E-state index contributed by atoms with van der Waals surface area (Å²) in [4.78, 5) is 39.6. The molecule has 0 aliphatic heterocycles. The van der Waals surface area contributed by atoms with Crippen molar-refractivity contribution < 1.29 is 23.7 Å². The van der Waals surface area contributed by atoms with Gasteiger partial charge in [-0.3, -0.25) is 19.7 Å². The molecule has 0 atom stereocenters. The van der Waals surface area contributed by atoms with Gasteiger partial charge >= 0.3 is 0 Å². The van der Waals surface area contributed by atoms with Crippen LogP contribution in [0.4, 0.5) is 5.69 Å². The van der Waals surface area contributed by atoms with Gasteiger partial charge in [0.1, 0.15) is 12.3 Å². The molecule has 3 rings (SSSR count). The number of aryl methyl sites for hydroxylation is 1. The molecule has 0 saturated carbocycles. The number of non-ortho nitro benzene ring substituents is 1. The molecule has 0 fully saturated rings. The van der Waals surface area contributed by atoms with E-state index in [1.54, 1.807) is 41.5 Å². The molecule has 2 aromatic heterocycles. The van der Waals surface area contributed by atoms with E-state index in [1.165, 1.54) is 30.2 Å². The molecule has 3 aromatic rings. The monoisotopic (exact) mass is 480 g/mol. The molecule has 1 aromatic carbocycles. The van der Waals surface area contributed by atoms with Crippen LogP contribution in [0.1, 0.15) is 17.0 Å². The lowest BCUT2D eigenvalue weighted by molar-refractivity contribution is -0.384. The predicted octanol–water partition coefficient (Wildman–Crippen LogP) is 3.24. The molecule has 35 heavy (non-hydrogen) atoms. The van der Waals surface area contributed by atoms with Gasteiger partial charge in [-0.05, 0) is 48.0 Å². The van der Waals surface area contributed by atoms with Crippen LogP contribution in [0.15, 0.2) is 71.5 Å². The third-order valence-electron chi connectivity index (χ3n) is 5.41. The third kappa shape index (κ3) is 7.41. The highest BCUT2D eigenvalue weighted by Gasteiger charge is 2.22. The Labute approximate surface area is 203 Å². The van der Waals surface area contributed by atoms with Gasteiger partial charge in [-0.1, -0.05) is 0 Å². The summed E-state index contributed by atoms with van der Waals surface area (Å²) in [6.07, 6.45) is 6.36. The van der Waals surface area contributed by atoms with E-state index in [1.807, 2.05) is 29.9 Å². The molecular weight excluding hydrogens is 452 g/mol. The van der Waals surface area contributed by atoms with Gasteiger partial charge in [0, 0.05) is 50.8 Å². The quantitative estimate of drug-likeness (QED) is 0.224. The smallest absolute Gasteiger partial charge is 0.269 e. The predicted molar refractivity (Wildman–Crippen MR) is 129 cm³/mol. The Morgan fingerprint density at radius 1 is 1.11 bits per heavy atom. The number of nitro groups is 1. The van der Waals surface area contributed by atoms with E-state index in [0.29, 0.717) is 17.9 Å². The number of nitrogens with zero attached hydrogens (tertiary/aromatic N) is 4. The second-order valence-electron chi connectivity index (χ2n) is 7.87. The van der Waals surface area contributed by atoms with E-state index >= 15 is 0 Å². The number of nitro benzene ring substituents is 1. The van der Waals surface area contributed by atoms with Gasteiger partial charge in [-0.2, -0.15) is 0 Å². The number of hydrogen-bond acceptors (Lipinski definition) is 6. The number of carbonyl (C=O) groups excluding carboxylic acids is 2. The molecule has 0 N–H and O–H groups in total. The summed E-state index contributed by atoms with van der Waals surface area (Å²) in [6.45, 7) is 0.971. The molecule has 10 nitrogen and oxygen atoms in total. The Kier molecular flexibility index (Phi) is 8.96. The van der Waals surface area contributed by atoms with E-state index in [-0.39, 0.29) is 43.7 Å². The lowest BCUT2D eigenvalue weighted by atomic mass is 10.2. The number of furan rings is 1. The molecule has 0 aliphatic rings. The Bertz CT molecular complexity index is 1150. The molecule has 2 amide bonds. The van der Waals surface area contributed by atoms with Crippen molar-refractivity contribution >= 4 is 23.6 Å². The summed E-state index contributed by atoms with van der Waals surface area (Å²) in [7, 11) is 3.43. The van der Waals surface area contributed by atoms with E-state index < -0.39 is 4.92 Å². The number of amides is 2. The van der Waals surface area contributed by atoms with Crippen molar-refractivity contribution in [2.24, 2.45) is 7.05 Å². The topological polar surface area (TPSA) is 111 Å². The van der Waals surface area contributed by atoms with Crippen molar-refractivity contribution in [1.82, 2.24) is 14.4 Å². The number of carbonyl (C=O) groups is 2. The summed E-state index contributed by atoms with van der Waals surface area (Å²) in [5.74, 6) is 0.0294. The molecule has 0 bridgehead atoms. The fraction of sp³-hybridized carbons (Fsp3) is 0.280. The lowest BCUT2D eigenvalue weighted by Crippen LogP contribution is -2.43. The van der Waals surface area contributed by atoms with Crippen molar-refractivity contribution in [3.63, 3.8) is 0 Å². The van der Waals surface area contributed by atoms with Gasteiger partial charge in [0.2, 0.25) is 11.8 Å². The van der Waals surface area contributed by atoms with Gasteiger partial charge in [-0.25, -0.2) is 0 Å². The Balaban J connectivity index is 1.73. The fourth-order valence-electron chi connectivity index (χ4n) is 3.39. The molecule has 2 heterocycles. The van der Waals surface area contributed by atoms with E-state index in [9.17, 15) is 19.7 Å². The zero-order valence-electron chi connectivity index (χ0n) is 19.7. The summed E-state index contributed by atoms with van der Waals surface area (Å²) in [5.41, 5.74) is 1.54. The summed E-state index contributed by atoms with van der Waals surface area (Å²) in [5, 5.41) is 10.8. The van der Waals surface area contributed by atoms with Crippen LogP contribution in [0.5, 0.6) is 0 Å². The van der Waals surface area contributed by atoms with E-state index in [0.717, 1.165) is 5.69 Å². The van der Waals surface area contributed by atoms with Gasteiger partial charge in [0.05, 0.1) is 30.9 Å². The number of aromatic nitrogens is 1. The summed E-state index contributed by atoms with van der Waals surface area (Å²) in [6, 6.07) is 13.2. The highest BCUT2D eigenvalue weighted by Crippen LogP contribution is 2.14. The molecule has 184 valence electrons. The zero-order chi connectivity index (χ0) is 25.2. The number of methoxy groups -OCH3 is 1. The maximum Gasteiger partial charge on any atom is 0.269 e. The number of ether oxygens (including phenoxy) is 1. The molecule has 0 unspecified atom stereocenters. The second-order valence-corrected chi connectivity index (χ2v) is 7.87. The number of benzene rings is 1. The minimum absolute atomic E-state index is 0.0318. The van der Waals surface area contributed by atoms with Gasteiger partial charge < -0.3 is 23.5 Å². The first kappa shape index (κ1) is 25.4. The summed E-state index contributed by atoms with van der Waals surface area (Å²) >= 11 is 0. The van der Waals surface area contributed by atoms with Crippen molar-refractivity contribution in [3.05, 3.63) is 94.2 Å². The first-order valence-corrected chi connectivity index (χ1v) is 11.0. The molecule has 0 aliphatic carbocycles. The van der Waals surface area contributed by atoms with Crippen molar-refractivity contribution in [2.45, 2.75) is 13.1 Å². The average Bonchev–Trinajstić information content (AvgIpc) is 3.51. The van der Waals surface area contributed by atoms with Crippen LogP contribution in [0.2, 0.25) is 0 Å². The van der Waals surface area contributed by atoms with Gasteiger partial charge in [0.25, 0.3) is 5.69 Å². The molecule has 0 saturated heterocycles. The molecule has 10 heteroatoms. The van der Waals surface area contributed by atoms with E-state index in [2.05, 4.69) is 0 Å². The van der Waals surface area contributed by atoms with Gasteiger partial charge in [-0.15, -0.1) is 0 Å². The first-order valence-electron chi connectivity index (χ1n) is 11.0. The molecular formula is C25H28N4O6. The first-order chi connectivity index (χ1) is 16.9. The van der Waals surface area contributed by atoms with Crippen molar-refractivity contribution in [1.29, 1.82) is 0 Å². The van der Waals surface area contributed by atoms with Crippen LogP contribution in [-0.2, 0) is 34.5 Å². The Morgan fingerprint density at radius 2 is 1.89 bits per heavy atom. The fourth-order valence-corrected chi connectivity index (χ4v) is 3.39. The standard InChI is InChI=1S/C25H28N4O6/c1-26-13-3-5-22(26)17-28(18-23-6-4-15-35-23)25(31)19-27(14-16-34-2)24(30)12-9-20-7-10-21(11-8-20)29(32)33/h3-13,15H,14,16-19H2,1-2H3. The number of rotatable bonds is 12. The van der Waals surface area contributed by atoms with Crippen molar-refractivity contribution in [2.75, 3.05) is 26.8 Å². The highest BCUT2D eigenvalue weighted by atomic mass is 16.6. The van der Waals surface area contributed by atoms with Gasteiger partial charge in [0.15, 0.2) is 0 Å². The third-order valence-corrected chi connectivity index (χ3v) is 5.41. The Hall–Kier alpha value is -4.18. The summed E-state index contributed by atoms with van der Waals surface area (Å²) < 4.78 is 12.5. The minimum atomic E-state index is -0.485. The lowest BCUT2D eigenvalue weighted by Gasteiger charge is -2.27. The second kappa shape index (κ2) is 12.3. The van der Waals surface area contributed by atoms with Crippen LogP contribution in [-0.4, -0.2) is 57.9 Å². The highest BCUT2D eigenvalue weighted by molar-refractivity contribution is 5.94. The van der Waals surface area contributed by atoms with Crippen LogP contribution in [0, 0.1) is 10.1 Å². The van der Waals surface area contributed by atoms with Crippen LogP contribution in [0.3, 0.4) is 0 Å². The van der Waals surface area contributed by atoms with Crippen LogP contribution < -0.4 is 0 Å². The maximum absolute atomic E-state index is 13.3. The van der Waals surface area contributed by atoms with E-state index in [4.69, 9.17) is 9.15 Å². The molecule has 0 radical (unpaired) electrons. The SMILES string of the molecule is COCCN(CC(=O)N(Cc1ccco1)Cc1cccn1C)C(=O)C=Cc1ccc([N+](=O)[O-])cc1. The average molecular weight is 481 g/mol. The minimum Gasteiger partial charge on any atom is -0.467 e. The van der Waals surface area contributed by atoms with Crippen LogP contribution in [0.25, 0.3) is 6.08 Å². The number of hydrogen-bond donors (Lipinski definition) is 0. The maximum atomic E-state index is 13.3. The van der Waals surface area contributed by atoms with Crippen LogP contribution >= 0.6 is 0 Å². The largest absolute Gasteiger partial charge is 0.467 e. The van der Waals surface area contributed by atoms with Crippen molar-refractivity contribution in [3.8, 4) is 0 Å². The molecule has 0 spiro atoms. The normalized spacial score (nSPS) is 11.0. The zero-order valence-corrected chi connectivity index (χ0v) is 19.7.